The van der Waals surface area contributed by atoms with Gasteiger partial charge in [-0.2, -0.15) is 0 Å². The highest BCUT2D eigenvalue weighted by molar-refractivity contribution is 5.86. The van der Waals surface area contributed by atoms with Crippen molar-refractivity contribution >= 4 is 18.0 Å². The molecule has 0 radical (unpaired) electrons. The molecule has 0 spiro atoms. The Hall–Kier alpha value is -1.57. The number of benzene rings is 1. The molecule has 0 bridgehead atoms. The van der Waals surface area contributed by atoms with Gasteiger partial charge in [-0.25, -0.2) is 0 Å². The van der Waals surface area contributed by atoms with Gasteiger partial charge in [-0.3, -0.25) is 0 Å². The first-order valence-electron chi connectivity index (χ1n) is 5.54. The molecule has 0 amide bonds. The third-order valence-electron chi connectivity index (χ3n) is 2.92. The molecule has 0 saturated heterocycles. The number of hydrogen-bond acceptors (Lipinski definition) is 2. The maximum Gasteiger partial charge on any atom is 0.0409 e. The minimum Gasteiger partial charge on any atom is -0.398 e. The van der Waals surface area contributed by atoms with E-state index >= 15 is 0 Å². The predicted molar refractivity (Wildman–Crippen MR) is 72.0 cm³/mol. The van der Waals surface area contributed by atoms with Crippen molar-refractivity contribution in [2.75, 3.05) is 5.73 Å². The lowest BCUT2D eigenvalue weighted by molar-refractivity contribution is 0.776. The Kier molecular flexibility index (Phi) is 3.88. The van der Waals surface area contributed by atoms with Crippen molar-refractivity contribution in [2.45, 2.75) is 27.7 Å². The van der Waals surface area contributed by atoms with Crippen LogP contribution in [0.2, 0.25) is 0 Å². The molecule has 0 heterocycles. The Balaban J connectivity index is 3.21. The SMILES string of the molecule is C/C(=C\c1cc(N)c(C=N)cc1C)C(C)C. The van der Waals surface area contributed by atoms with Crippen LogP contribution in [0.4, 0.5) is 5.69 Å². The average Bonchev–Trinajstić information content (AvgIpc) is 2.22. The van der Waals surface area contributed by atoms with Gasteiger partial charge in [0.05, 0.1) is 0 Å². The fourth-order valence-corrected chi connectivity index (χ4v) is 1.46. The molecule has 1 aromatic rings. The molecule has 0 atom stereocenters. The Bertz CT molecular complexity index is 429. The molecule has 0 saturated carbocycles. The van der Waals surface area contributed by atoms with Crippen molar-refractivity contribution in [3.63, 3.8) is 0 Å². The quantitative estimate of drug-likeness (QED) is 0.588. The summed E-state index contributed by atoms with van der Waals surface area (Å²) in [6.07, 6.45) is 3.47. The summed E-state index contributed by atoms with van der Waals surface area (Å²) in [5.41, 5.74) is 11.0. The van der Waals surface area contributed by atoms with E-state index in [4.69, 9.17) is 11.1 Å². The molecule has 0 aliphatic rings. The number of hydrogen-bond donors (Lipinski definition) is 2. The Morgan fingerprint density at radius 1 is 1.31 bits per heavy atom. The monoisotopic (exact) mass is 216 g/mol. The van der Waals surface area contributed by atoms with Crippen LogP contribution < -0.4 is 5.73 Å². The Labute approximate surface area is 97.7 Å². The molecule has 3 N–H and O–H groups in total. The van der Waals surface area contributed by atoms with Gasteiger partial charge < -0.3 is 11.1 Å². The topological polar surface area (TPSA) is 49.9 Å². The van der Waals surface area contributed by atoms with Crippen LogP contribution in [-0.4, -0.2) is 6.21 Å². The molecule has 1 aromatic carbocycles. The number of nitrogen functional groups attached to an aromatic ring is 1. The lowest BCUT2D eigenvalue weighted by Crippen LogP contribution is -1.96. The average molecular weight is 216 g/mol. The Morgan fingerprint density at radius 3 is 2.44 bits per heavy atom. The van der Waals surface area contributed by atoms with Gasteiger partial charge in [0.15, 0.2) is 0 Å². The van der Waals surface area contributed by atoms with Crippen molar-refractivity contribution in [2.24, 2.45) is 5.92 Å². The van der Waals surface area contributed by atoms with E-state index in [0.717, 1.165) is 16.7 Å². The summed E-state index contributed by atoms with van der Waals surface area (Å²) in [5.74, 6) is 0.544. The van der Waals surface area contributed by atoms with Crippen molar-refractivity contribution in [1.82, 2.24) is 0 Å². The van der Waals surface area contributed by atoms with Crippen molar-refractivity contribution in [1.29, 1.82) is 5.41 Å². The normalized spacial score (nSPS) is 11.9. The van der Waals surface area contributed by atoms with E-state index in [1.54, 1.807) is 0 Å². The first-order chi connectivity index (χ1) is 7.45. The molecule has 86 valence electrons. The molecule has 16 heavy (non-hydrogen) atoms. The summed E-state index contributed by atoms with van der Waals surface area (Å²) >= 11 is 0. The van der Waals surface area contributed by atoms with Crippen LogP contribution in [0.15, 0.2) is 17.7 Å². The molecule has 0 aliphatic carbocycles. The van der Waals surface area contributed by atoms with Crippen LogP contribution in [0.5, 0.6) is 0 Å². The highest BCUT2D eigenvalue weighted by Crippen LogP contribution is 2.21. The van der Waals surface area contributed by atoms with E-state index in [0.29, 0.717) is 11.6 Å². The number of nitrogens with one attached hydrogen (secondary N) is 1. The second-order valence-electron chi connectivity index (χ2n) is 4.53. The molecule has 2 nitrogen and oxygen atoms in total. The minimum atomic E-state index is 0.544. The number of nitrogens with two attached hydrogens (primary N) is 1. The zero-order valence-electron chi connectivity index (χ0n) is 10.5. The zero-order valence-corrected chi connectivity index (χ0v) is 10.5. The molecule has 0 unspecified atom stereocenters. The third kappa shape index (κ3) is 2.72. The van der Waals surface area contributed by atoms with E-state index in [-0.39, 0.29) is 0 Å². The molecule has 0 fully saturated rings. The number of allylic oxidation sites excluding steroid dienone is 1. The first kappa shape index (κ1) is 12.5. The predicted octanol–water partition coefficient (Wildman–Crippen LogP) is 3.63. The standard InChI is InChI=1S/C14H20N2/c1-9(2)10(3)5-12-7-14(16)13(8-15)6-11(12)4/h5-9,15H,16H2,1-4H3/b10-5+,15-8?. The van der Waals surface area contributed by atoms with E-state index < -0.39 is 0 Å². The molecular weight excluding hydrogens is 196 g/mol. The molecule has 2 heteroatoms. The van der Waals surface area contributed by atoms with Crippen LogP contribution in [0.3, 0.4) is 0 Å². The maximum absolute atomic E-state index is 7.24. The van der Waals surface area contributed by atoms with Crippen LogP contribution in [0, 0.1) is 18.3 Å². The highest BCUT2D eigenvalue weighted by Gasteiger charge is 2.03. The van der Waals surface area contributed by atoms with Crippen molar-refractivity contribution in [3.8, 4) is 0 Å². The summed E-state index contributed by atoms with van der Waals surface area (Å²) in [7, 11) is 0. The Morgan fingerprint density at radius 2 is 1.94 bits per heavy atom. The fraction of sp³-hybridized carbons (Fsp3) is 0.357. The van der Waals surface area contributed by atoms with Crippen LogP contribution in [0.1, 0.15) is 37.5 Å². The summed E-state index contributed by atoms with van der Waals surface area (Å²) in [6.45, 7) is 8.53. The molecule has 0 aromatic heterocycles. The van der Waals surface area contributed by atoms with Crippen molar-refractivity contribution < 1.29 is 0 Å². The second-order valence-corrected chi connectivity index (χ2v) is 4.53. The lowest BCUT2D eigenvalue weighted by Gasteiger charge is -2.09. The molecular formula is C14H20N2. The highest BCUT2D eigenvalue weighted by atomic mass is 14.6. The molecule has 1 rings (SSSR count). The number of aryl methyl sites for hydroxylation is 1. The van der Waals surface area contributed by atoms with Gasteiger partial charge in [-0.15, -0.1) is 0 Å². The lowest BCUT2D eigenvalue weighted by atomic mass is 9.98. The van der Waals surface area contributed by atoms with Gasteiger partial charge >= 0.3 is 0 Å². The largest absolute Gasteiger partial charge is 0.398 e. The summed E-state index contributed by atoms with van der Waals surface area (Å²) in [6, 6.07) is 3.91. The summed E-state index contributed by atoms with van der Waals surface area (Å²) in [4.78, 5) is 0. The smallest absolute Gasteiger partial charge is 0.0409 e. The third-order valence-corrected chi connectivity index (χ3v) is 2.92. The number of anilines is 1. The zero-order chi connectivity index (χ0) is 12.3. The van der Waals surface area contributed by atoms with Crippen LogP contribution >= 0.6 is 0 Å². The van der Waals surface area contributed by atoms with Gasteiger partial charge in [0.1, 0.15) is 0 Å². The summed E-state index contributed by atoms with van der Waals surface area (Å²) < 4.78 is 0. The second kappa shape index (κ2) is 4.97. The number of rotatable bonds is 3. The van der Waals surface area contributed by atoms with Gasteiger partial charge in [0.2, 0.25) is 0 Å². The van der Waals surface area contributed by atoms with Gasteiger partial charge in [0, 0.05) is 17.5 Å². The fourth-order valence-electron chi connectivity index (χ4n) is 1.46. The van der Waals surface area contributed by atoms with Crippen molar-refractivity contribution in [3.05, 3.63) is 34.4 Å². The van der Waals surface area contributed by atoms with Gasteiger partial charge in [0.25, 0.3) is 0 Å². The maximum atomic E-state index is 7.24. The van der Waals surface area contributed by atoms with E-state index in [2.05, 4.69) is 26.8 Å². The van der Waals surface area contributed by atoms with Crippen LogP contribution in [-0.2, 0) is 0 Å². The van der Waals surface area contributed by atoms with E-state index in [9.17, 15) is 0 Å². The van der Waals surface area contributed by atoms with E-state index in [1.165, 1.54) is 11.8 Å². The summed E-state index contributed by atoms with van der Waals surface area (Å²) in [5, 5.41) is 7.24. The minimum absolute atomic E-state index is 0.544. The molecule has 0 aliphatic heterocycles. The van der Waals surface area contributed by atoms with E-state index in [1.807, 2.05) is 19.1 Å². The first-order valence-corrected chi connectivity index (χ1v) is 5.54. The van der Waals surface area contributed by atoms with Crippen LogP contribution in [0.25, 0.3) is 6.08 Å². The van der Waals surface area contributed by atoms with Gasteiger partial charge in [-0.05, 0) is 43.0 Å². The van der Waals surface area contributed by atoms with Gasteiger partial charge in [-0.1, -0.05) is 25.5 Å².